The number of nitriles is 1. The van der Waals surface area contributed by atoms with Gasteiger partial charge in [0.2, 0.25) is 6.10 Å². The summed E-state index contributed by atoms with van der Waals surface area (Å²) in [5.41, 5.74) is -0.977. The van der Waals surface area contributed by atoms with Crippen molar-refractivity contribution >= 4 is 11.9 Å². The van der Waals surface area contributed by atoms with E-state index in [1.54, 1.807) is 51.1 Å². The molecule has 29 heavy (non-hydrogen) atoms. The molecule has 0 unspecified atom stereocenters. The molecule has 1 saturated carbocycles. The van der Waals surface area contributed by atoms with Gasteiger partial charge in [-0.05, 0) is 44.2 Å². The topological polar surface area (TPSA) is 85.6 Å². The van der Waals surface area contributed by atoms with Crippen molar-refractivity contribution in [3.63, 3.8) is 0 Å². The molecular formula is C23H27NO5. The van der Waals surface area contributed by atoms with Crippen LogP contribution in [0.25, 0.3) is 0 Å². The van der Waals surface area contributed by atoms with Crippen molar-refractivity contribution in [3.05, 3.63) is 54.8 Å². The number of rotatable bonds is 7. The van der Waals surface area contributed by atoms with E-state index in [0.29, 0.717) is 5.75 Å². The highest BCUT2D eigenvalue weighted by Gasteiger charge is 2.61. The number of para-hydroxylation sites is 1. The summed E-state index contributed by atoms with van der Waals surface area (Å²) >= 11 is 0. The van der Waals surface area contributed by atoms with E-state index in [2.05, 4.69) is 6.58 Å². The maximum Gasteiger partial charge on any atom is 0.330 e. The van der Waals surface area contributed by atoms with Gasteiger partial charge in [-0.25, -0.2) is 4.79 Å². The first-order chi connectivity index (χ1) is 13.5. The summed E-state index contributed by atoms with van der Waals surface area (Å²) in [6.07, 6.45) is 1.77. The van der Waals surface area contributed by atoms with Crippen LogP contribution in [0.4, 0.5) is 0 Å². The molecule has 1 aliphatic carbocycles. The van der Waals surface area contributed by atoms with Crippen LogP contribution in [0, 0.1) is 28.6 Å². The number of esters is 2. The Hall–Kier alpha value is -3.07. The fourth-order valence-electron chi connectivity index (χ4n) is 3.05. The smallest absolute Gasteiger partial charge is 0.330 e. The molecular weight excluding hydrogens is 370 g/mol. The third-order valence-corrected chi connectivity index (χ3v) is 4.65. The summed E-state index contributed by atoms with van der Waals surface area (Å²) in [7, 11) is 0. The maximum atomic E-state index is 12.6. The number of carbonyl (C=O) groups is 2. The largest absolute Gasteiger partial charge is 0.457 e. The van der Waals surface area contributed by atoms with E-state index in [4.69, 9.17) is 14.2 Å². The standard InChI is InChI=1S/C23H27NO5/c1-15(27-16-10-8-7-9-11-16)18(14-24)28-21(26)20-17(23(20,5)6)12-13-19(25)29-22(2,3)4/h7-13,17-18,20H,1H2,2-6H3/b13-12-/t17-,18+,20-/m0/s1. The monoisotopic (exact) mass is 397 g/mol. The number of ether oxygens (including phenoxy) is 3. The number of hydrogen-bond donors (Lipinski definition) is 0. The Labute approximate surface area is 171 Å². The average Bonchev–Trinajstić information content (AvgIpc) is 3.17. The van der Waals surface area contributed by atoms with Crippen LogP contribution < -0.4 is 4.74 Å². The predicted molar refractivity (Wildman–Crippen MR) is 107 cm³/mol. The molecule has 6 nitrogen and oxygen atoms in total. The molecule has 0 N–H and O–H groups in total. The first-order valence-corrected chi connectivity index (χ1v) is 9.38. The fourth-order valence-corrected chi connectivity index (χ4v) is 3.05. The Morgan fingerprint density at radius 1 is 1.24 bits per heavy atom. The molecule has 2 rings (SSSR count). The van der Waals surface area contributed by atoms with Crippen molar-refractivity contribution in [1.29, 1.82) is 5.26 Å². The molecule has 0 saturated heterocycles. The lowest BCUT2D eigenvalue weighted by atomic mass is 10.1. The highest BCUT2D eigenvalue weighted by Crippen LogP contribution is 2.59. The van der Waals surface area contributed by atoms with Gasteiger partial charge in [0.1, 0.15) is 17.4 Å². The van der Waals surface area contributed by atoms with E-state index < -0.39 is 35.0 Å². The number of benzene rings is 1. The zero-order valence-corrected chi connectivity index (χ0v) is 17.5. The van der Waals surface area contributed by atoms with E-state index in [0.717, 1.165) is 0 Å². The zero-order valence-electron chi connectivity index (χ0n) is 17.5. The Balaban J connectivity index is 1.97. The third kappa shape index (κ3) is 5.95. The van der Waals surface area contributed by atoms with E-state index >= 15 is 0 Å². The second kappa shape index (κ2) is 8.52. The molecule has 0 aromatic heterocycles. The van der Waals surface area contributed by atoms with Gasteiger partial charge in [0.25, 0.3) is 0 Å². The van der Waals surface area contributed by atoms with Gasteiger partial charge < -0.3 is 14.2 Å². The van der Waals surface area contributed by atoms with E-state index in [1.165, 1.54) is 6.08 Å². The van der Waals surface area contributed by atoms with E-state index in [9.17, 15) is 14.9 Å². The van der Waals surface area contributed by atoms with Gasteiger partial charge in [-0.2, -0.15) is 5.26 Å². The van der Waals surface area contributed by atoms with Crippen LogP contribution in [0.3, 0.4) is 0 Å². The number of nitrogens with zero attached hydrogens (tertiary/aromatic N) is 1. The van der Waals surface area contributed by atoms with Crippen LogP contribution in [-0.4, -0.2) is 23.6 Å². The van der Waals surface area contributed by atoms with Crippen LogP contribution in [0.1, 0.15) is 34.6 Å². The van der Waals surface area contributed by atoms with Gasteiger partial charge in [0, 0.05) is 6.08 Å². The SMILES string of the molecule is C=C(Oc1ccccc1)[C@@H](C#N)OC(=O)[C@@H]1[C@H](/C=C\C(=O)OC(C)(C)C)C1(C)C. The fraction of sp³-hybridized carbons (Fsp3) is 0.435. The molecule has 1 aromatic rings. The van der Waals surface area contributed by atoms with Crippen LogP contribution in [0.2, 0.25) is 0 Å². The average molecular weight is 397 g/mol. The normalized spacial score (nSPS) is 21.0. The summed E-state index contributed by atoms with van der Waals surface area (Å²) in [6, 6.07) is 10.7. The second-order valence-electron chi connectivity index (χ2n) is 8.54. The Morgan fingerprint density at radius 3 is 2.41 bits per heavy atom. The van der Waals surface area contributed by atoms with Crippen molar-refractivity contribution in [3.8, 4) is 11.8 Å². The first kappa shape index (κ1) is 22.2. The van der Waals surface area contributed by atoms with Crippen molar-refractivity contribution in [2.75, 3.05) is 0 Å². The highest BCUT2D eigenvalue weighted by atomic mass is 16.6. The second-order valence-corrected chi connectivity index (χ2v) is 8.54. The maximum absolute atomic E-state index is 12.6. The molecule has 3 atom stereocenters. The minimum atomic E-state index is -1.23. The zero-order chi connectivity index (χ0) is 21.8. The van der Waals surface area contributed by atoms with Gasteiger partial charge in [0.05, 0.1) is 5.92 Å². The van der Waals surface area contributed by atoms with Gasteiger partial charge in [0.15, 0.2) is 5.76 Å². The highest BCUT2D eigenvalue weighted by molar-refractivity contribution is 5.83. The minimum absolute atomic E-state index is 0.0337. The lowest BCUT2D eigenvalue weighted by molar-refractivity contribution is -0.149. The van der Waals surface area contributed by atoms with Crippen LogP contribution in [-0.2, 0) is 19.1 Å². The molecule has 6 heteroatoms. The van der Waals surface area contributed by atoms with Gasteiger partial charge >= 0.3 is 11.9 Å². The first-order valence-electron chi connectivity index (χ1n) is 9.38. The molecule has 1 aliphatic rings. The van der Waals surface area contributed by atoms with Crippen molar-refractivity contribution in [1.82, 2.24) is 0 Å². The lowest BCUT2D eigenvalue weighted by Gasteiger charge is -2.17. The lowest BCUT2D eigenvalue weighted by Crippen LogP contribution is -2.23. The van der Waals surface area contributed by atoms with Crippen molar-refractivity contribution < 1.29 is 23.8 Å². The summed E-state index contributed by atoms with van der Waals surface area (Å²) in [6.45, 7) is 12.9. The van der Waals surface area contributed by atoms with Gasteiger partial charge in [-0.1, -0.05) is 44.7 Å². The van der Waals surface area contributed by atoms with Gasteiger partial charge in [-0.15, -0.1) is 0 Å². The molecule has 1 aromatic carbocycles. The Morgan fingerprint density at radius 2 is 1.86 bits per heavy atom. The summed E-state index contributed by atoms with van der Waals surface area (Å²) < 4.78 is 16.1. The van der Waals surface area contributed by atoms with Crippen LogP contribution in [0.5, 0.6) is 5.75 Å². The molecule has 0 spiro atoms. The van der Waals surface area contributed by atoms with Crippen LogP contribution in [0.15, 0.2) is 54.8 Å². The third-order valence-electron chi connectivity index (χ3n) is 4.65. The summed E-state index contributed by atoms with van der Waals surface area (Å²) in [4.78, 5) is 24.5. The van der Waals surface area contributed by atoms with Crippen molar-refractivity contribution in [2.45, 2.75) is 46.3 Å². The quantitative estimate of drug-likeness (QED) is 0.390. The van der Waals surface area contributed by atoms with E-state index in [1.807, 2.05) is 26.0 Å². The molecule has 0 bridgehead atoms. The van der Waals surface area contributed by atoms with Crippen LogP contribution >= 0.6 is 0 Å². The molecule has 0 heterocycles. The molecule has 0 radical (unpaired) electrons. The molecule has 0 amide bonds. The molecule has 0 aliphatic heterocycles. The Bertz CT molecular complexity index is 842. The van der Waals surface area contributed by atoms with Crippen molar-refractivity contribution in [2.24, 2.45) is 17.3 Å². The summed E-state index contributed by atoms with van der Waals surface area (Å²) in [5, 5.41) is 9.36. The predicted octanol–water partition coefficient (Wildman–Crippen LogP) is 4.18. The minimum Gasteiger partial charge on any atom is -0.457 e. The number of hydrogen-bond acceptors (Lipinski definition) is 6. The van der Waals surface area contributed by atoms with Gasteiger partial charge in [-0.3, -0.25) is 4.79 Å². The number of allylic oxidation sites excluding steroid dienone is 1. The van der Waals surface area contributed by atoms with E-state index in [-0.39, 0.29) is 11.7 Å². The summed E-state index contributed by atoms with van der Waals surface area (Å²) in [5.74, 6) is -1.12. The molecule has 154 valence electrons. The Kier molecular flexibility index (Phi) is 6.53. The molecule has 1 fully saturated rings. The number of carbonyl (C=O) groups excluding carboxylic acids is 2.